The molecule has 0 unspecified atom stereocenters. The maximum absolute atomic E-state index is 4.65. The van der Waals surface area contributed by atoms with Gasteiger partial charge in [0.15, 0.2) is 0 Å². The molecule has 1 aromatic carbocycles. The molecule has 3 nitrogen and oxygen atoms in total. The lowest BCUT2D eigenvalue weighted by molar-refractivity contribution is 0.312. The van der Waals surface area contributed by atoms with Crippen molar-refractivity contribution in [2.45, 2.75) is 13.8 Å². The van der Waals surface area contributed by atoms with E-state index in [1.807, 2.05) is 6.20 Å². The van der Waals surface area contributed by atoms with Gasteiger partial charge in [0.2, 0.25) is 0 Å². The second-order valence-electron chi connectivity index (χ2n) is 5.96. The lowest BCUT2D eigenvalue weighted by Gasteiger charge is -2.33. The van der Waals surface area contributed by atoms with Crippen LogP contribution in [-0.2, 0) is 0 Å². The van der Waals surface area contributed by atoms with Crippen LogP contribution in [0.15, 0.2) is 36.5 Å². The fraction of sp³-hybridized carbons (Fsp3) is 0.389. The molecule has 21 heavy (non-hydrogen) atoms. The van der Waals surface area contributed by atoms with E-state index >= 15 is 0 Å². The van der Waals surface area contributed by atoms with Gasteiger partial charge in [-0.25, -0.2) is 4.98 Å². The number of rotatable bonds is 2. The molecule has 0 radical (unpaired) electrons. The molecular weight excluding hydrogens is 258 g/mol. The van der Waals surface area contributed by atoms with Gasteiger partial charge in [0.25, 0.3) is 0 Å². The Morgan fingerprint density at radius 2 is 1.62 bits per heavy atom. The molecule has 3 rings (SSSR count). The van der Waals surface area contributed by atoms with E-state index in [9.17, 15) is 0 Å². The first-order chi connectivity index (χ1) is 10.1. The zero-order valence-electron chi connectivity index (χ0n) is 13.1. The Labute approximate surface area is 127 Å². The number of likely N-dealkylation sites (N-methyl/N-ethyl adjacent to an activating group) is 1. The van der Waals surface area contributed by atoms with Gasteiger partial charge in [0, 0.05) is 32.4 Å². The second-order valence-corrected chi connectivity index (χ2v) is 5.96. The van der Waals surface area contributed by atoms with Crippen molar-refractivity contribution >= 4 is 5.82 Å². The molecule has 2 aromatic rings. The minimum Gasteiger partial charge on any atom is -0.354 e. The third-order valence-corrected chi connectivity index (χ3v) is 4.35. The van der Waals surface area contributed by atoms with E-state index in [-0.39, 0.29) is 0 Å². The lowest BCUT2D eigenvalue weighted by Crippen LogP contribution is -2.44. The van der Waals surface area contributed by atoms with Gasteiger partial charge in [-0.2, -0.15) is 0 Å². The lowest BCUT2D eigenvalue weighted by atomic mass is 9.98. The van der Waals surface area contributed by atoms with E-state index in [1.165, 1.54) is 22.3 Å². The Bertz CT molecular complexity index is 628. The summed E-state index contributed by atoms with van der Waals surface area (Å²) in [6, 6.07) is 10.8. The third-order valence-electron chi connectivity index (χ3n) is 4.35. The highest BCUT2D eigenvalue weighted by Gasteiger charge is 2.16. The van der Waals surface area contributed by atoms with Gasteiger partial charge in [-0.05, 0) is 49.2 Å². The fourth-order valence-corrected chi connectivity index (χ4v) is 2.89. The van der Waals surface area contributed by atoms with Crippen LogP contribution in [0.4, 0.5) is 5.82 Å². The summed E-state index contributed by atoms with van der Waals surface area (Å²) in [7, 11) is 2.18. The van der Waals surface area contributed by atoms with Gasteiger partial charge in [0.05, 0.1) is 0 Å². The minimum absolute atomic E-state index is 1.06. The number of anilines is 1. The number of nitrogens with zero attached hydrogens (tertiary/aromatic N) is 3. The Hall–Kier alpha value is -1.87. The highest BCUT2D eigenvalue weighted by atomic mass is 15.3. The largest absolute Gasteiger partial charge is 0.354 e. The van der Waals surface area contributed by atoms with E-state index in [0.29, 0.717) is 0 Å². The molecule has 1 aliphatic heterocycles. The summed E-state index contributed by atoms with van der Waals surface area (Å²) in [6.07, 6.45) is 2.01. The molecule has 3 heteroatoms. The van der Waals surface area contributed by atoms with Crippen molar-refractivity contribution in [3.8, 4) is 11.1 Å². The van der Waals surface area contributed by atoms with Gasteiger partial charge in [0.1, 0.15) is 5.82 Å². The Balaban J connectivity index is 1.95. The van der Waals surface area contributed by atoms with Crippen LogP contribution in [0.5, 0.6) is 0 Å². The molecule has 1 fully saturated rings. The molecule has 0 atom stereocenters. The Morgan fingerprint density at radius 3 is 2.33 bits per heavy atom. The van der Waals surface area contributed by atoms with Crippen LogP contribution in [0.25, 0.3) is 11.1 Å². The monoisotopic (exact) mass is 281 g/mol. The normalized spacial score (nSPS) is 16.2. The van der Waals surface area contributed by atoms with Crippen LogP contribution < -0.4 is 4.90 Å². The highest BCUT2D eigenvalue weighted by Crippen LogP contribution is 2.29. The zero-order valence-corrected chi connectivity index (χ0v) is 13.1. The average Bonchev–Trinajstić information content (AvgIpc) is 2.50. The van der Waals surface area contributed by atoms with E-state index in [1.54, 1.807) is 0 Å². The molecule has 0 aliphatic carbocycles. The first kappa shape index (κ1) is 14.1. The third kappa shape index (κ3) is 2.93. The molecule has 0 bridgehead atoms. The van der Waals surface area contributed by atoms with Crippen molar-refractivity contribution in [2.75, 3.05) is 38.1 Å². The van der Waals surface area contributed by atoms with Gasteiger partial charge < -0.3 is 9.80 Å². The van der Waals surface area contributed by atoms with Crippen LogP contribution in [0, 0.1) is 13.8 Å². The number of aryl methyl sites for hydroxylation is 2. The molecule has 0 N–H and O–H groups in total. The molecule has 2 heterocycles. The molecule has 110 valence electrons. The number of piperazine rings is 1. The van der Waals surface area contributed by atoms with Crippen molar-refractivity contribution in [3.05, 3.63) is 47.7 Å². The van der Waals surface area contributed by atoms with E-state index in [0.717, 1.165) is 32.0 Å². The first-order valence-corrected chi connectivity index (χ1v) is 7.61. The highest BCUT2D eigenvalue weighted by molar-refractivity contribution is 5.72. The fourth-order valence-electron chi connectivity index (χ4n) is 2.89. The van der Waals surface area contributed by atoms with Crippen LogP contribution in [0.2, 0.25) is 0 Å². The summed E-state index contributed by atoms with van der Waals surface area (Å²) < 4.78 is 0. The number of pyridine rings is 1. The minimum atomic E-state index is 1.06. The van der Waals surface area contributed by atoms with Crippen LogP contribution in [-0.4, -0.2) is 43.1 Å². The molecule has 1 saturated heterocycles. The summed E-state index contributed by atoms with van der Waals surface area (Å²) in [5.41, 5.74) is 5.17. The molecule has 1 aromatic heterocycles. The summed E-state index contributed by atoms with van der Waals surface area (Å²) >= 11 is 0. The van der Waals surface area contributed by atoms with E-state index in [2.05, 4.69) is 66.0 Å². The maximum atomic E-state index is 4.65. The number of hydrogen-bond donors (Lipinski definition) is 0. The molecule has 1 aliphatic rings. The van der Waals surface area contributed by atoms with Crippen molar-refractivity contribution < 1.29 is 0 Å². The molecule has 0 amide bonds. The zero-order chi connectivity index (χ0) is 14.8. The Morgan fingerprint density at radius 1 is 0.905 bits per heavy atom. The second kappa shape index (κ2) is 5.86. The van der Waals surface area contributed by atoms with Crippen LogP contribution in [0.1, 0.15) is 11.1 Å². The summed E-state index contributed by atoms with van der Waals surface area (Å²) in [5, 5.41) is 0. The summed E-state index contributed by atoms with van der Waals surface area (Å²) in [6.45, 7) is 8.64. The number of aromatic nitrogens is 1. The van der Waals surface area contributed by atoms with Gasteiger partial charge in [-0.15, -0.1) is 0 Å². The molecule has 0 spiro atoms. The quantitative estimate of drug-likeness (QED) is 0.843. The predicted molar refractivity (Wildman–Crippen MR) is 88.9 cm³/mol. The van der Waals surface area contributed by atoms with Gasteiger partial charge in [-0.3, -0.25) is 0 Å². The van der Waals surface area contributed by atoms with Gasteiger partial charge in [-0.1, -0.05) is 24.3 Å². The standard InChI is InChI=1S/C18H23N3/c1-14-6-4-5-7-16(14)17-12-18(19-13-15(17)2)21-10-8-20(3)9-11-21/h4-7,12-13H,8-11H2,1-3H3. The van der Waals surface area contributed by atoms with Crippen LogP contribution >= 0.6 is 0 Å². The summed E-state index contributed by atoms with van der Waals surface area (Å²) in [5.74, 6) is 1.10. The summed E-state index contributed by atoms with van der Waals surface area (Å²) in [4.78, 5) is 9.41. The number of hydrogen-bond acceptors (Lipinski definition) is 3. The van der Waals surface area contributed by atoms with Crippen molar-refractivity contribution in [1.82, 2.24) is 9.88 Å². The SMILES string of the molecule is Cc1ccccc1-c1cc(N2CCN(C)CC2)ncc1C. The molecular formula is C18H23N3. The molecule has 0 saturated carbocycles. The topological polar surface area (TPSA) is 19.4 Å². The Kier molecular flexibility index (Phi) is 3.93. The van der Waals surface area contributed by atoms with Crippen LogP contribution in [0.3, 0.4) is 0 Å². The van der Waals surface area contributed by atoms with E-state index in [4.69, 9.17) is 0 Å². The maximum Gasteiger partial charge on any atom is 0.129 e. The average molecular weight is 281 g/mol. The predicted octanol–water partition coefficient (Wildman–Crippen LogP) is 3.12. The first-order valence-electron chi connectivity index (χ1n) is 7.61. The van der Waals surface area contributed by atoms with Gasteiger partial charge >= 0.3 is 0 Å². The van der Waals surface area contributed by atoms with Crippen molar-refractivity contribution in [1.29, 1.82) is 0 Å². The van der Waals surface area contributed by atoms with Crippen molar-refractivity contribution in [2.24, 2.45) is 0 Å². The van der Waals surface area contributed by atoms with E-state index < -0.39 is 0 Å². The van der Waals surface area contributed by atoms with Crippen molar-refractivity contribution in [3.63, 3.8) is 0 Å². The smallest absolute Gasteiger partial charge is 0.129 e. The number of benzene rings is 1.